The molecule has 0 N–H and O–H groups in total. The zero-order valence-corrected chi connectivity index (χ0v) is 14.7. The number of alkyl halides is 2. The van der Waals surface area contributed by atoms with Gasteiger partial charge in [0.15, 0.2) is 0 Å². The minimum Gasteiger partial charge on any atom is -0.340 e. The van der Waals surface area contributed by atoms with Crippen LogP contribution < -0.4 is 4.90 Å². The van der Waals surface area contributed by atoms with Crippen LogP contribution >= 0.6 is 0 Å². The number of nitrogens with zero attached hydrogens (tertiary/aromatic N) is 4. The summed E-state index contributed by atoms with van der Waals surface area (Å²) in [5.41, 5.74) is 1.25. The minimum absolute atomic E-state index is 0.193. The smallest absolute Gasteiger partial charge is 0.251 e. The van der Waals surface area contributed by atoms with Crippen molar-refractivity contribution in [3.05, 3.63) is 17.5 Å². The lowest BCUT2D eigenvalue weighted by atomic mass is 10.1. The zero-order valence-electron chi connectivity index (χ0n) is 13.8. The van der Waals surface area contributed by atoms with Gasteiger partial charge in [0.2, 0.25) is 5.95 Å². The lowest BCUT2D eigenvalue weighted by Gasteiger charge is -2.31. The Kier molecular flexibility index (Phi) is 5.13. The Bertz CT molecular complexity index is 618. The lowest BCUT2D eigenvalue weighted by molar-refractivity contribution is -0.0222. The molecule has 2 heterocycles. The molecular weight excluding hydrogens is 322 g/mol. The highest BCUT2D eigenvalue weighted by molar-refractivity contribution is 7.85. The Morgan fingerprint density at radius 1 is 1.30 bits per heavy atom. The zero-order chi connectivity index (χ0) is 17.3. The van der Waals surface area contributed by atoms with E-state index in [-0.39, 0.29) is 25.9 Å². The highest BCUT2D eigenvalue weighted by atomic mass is 32.2. The Hall–Kier alpha value is -1.44. The normalized spacial score (nSPS) is 20.0. The van der Waals surface area contributed by atoms with Crippen molar-refractivity contribution in [2.45, 2.75) is 51.2 Å². The van der Waals surface area contributed by atoms with Gasteiger partial charge < -0.3 is 4.90 Å². The molecule has 0 spiro atoms. The van der Waals surface area contributed by atoms with Gasteiger partial charge in [-0.1, -0.05) is 0 Å². The third kappa shape index (κ3) is 5.02. The fraction of sp³-hybridized carbons (Fsp3) is 0.667. The van der Waals surface area contributed by atoms with Crippen molar-refractivity contribution in [2.75, 3.05) is 18.0 Å². The maximum absolute atomic E-state index is 13.3. The molecule has 0 saturated carbocycles. The summed E-state index contributed by atoms with van der Waals surface area (Å²) in [6.45, 7) is 7.77. The van der Waals surface area contributed by atoms with E-state index in [1.165, 1.54) is 6.21 Å². The largest absolute Gasteiger partial charge is 0.340 e. The molecule has 1 aromatic heterocycles. The van der Waals surface area contributed by atoms with Crippen molar-refractivity contribution < 1.29 is 13.0 Å². The standard InChI is InChI=1S/C15H22F2N4OS/c1-11-9-12(10-18-23(22)14(2,3)4)20-13(19-11)21-7-5-15(16,17)6-8-21/h9-10H,5-8H2,1-4H3/b18-10+. The molecule has 1 aliphatic rings. The SMILES string of the molecule is Cc1cc(/C=N/S(=O)C(C)(C)C)nc(N2CCC(F)(F)CC2)n1. The Labute approximate surface area is 137 Å². The first-order chi connectivity index (χ1) is 10.6. The molecule has 23 heavy (non-hydrogen) atoms. The fourth-order valence-corrected chi connectivity index (χ4v) is 2.60. The molecule has 0 radical (unpaired) electrons. The summed E-state index contributed by atoms with van der Waals surface area (Å²) in [6, 6.07) is 1.73. The van der Waals surface area contributed by atoms with Crippen LogP contribution in [0.2, 0.25) is 0 Å². The van der Waals surface area contributed by atoms with Crippen molar-refractivity contribution in [2.24, 2.45) is 4.40 Å². The molecule has 0 aromatic carbocycles. The van der Waals surface area contributed by atoms with Crippen LogP contribution in [0.3, 0.4) is 0 Å². The van der Waals surface area contributed by atoms with E-state index in [0.717, 1.165) is 5.69 Å². The second kappa shape index (κ2) is 6.59. The molecule has 1 aliphatic heterocycles. The molecule has 1 saturated heterocycles. The molecule has 0 amide bonds. The molecule has 0 aliphatic carbocycles. The summed E-state index contributed by atoms with van der Waals surface area (Å²) in [7, 11) is -1.37. The lowest BCUT2D eigenvalue weighted by Crippen LogP contribution is -2.40. The number of rotatable bonds is 3. The minimum atomic E-state index is -2.60. The molecule has 0 bridgehead atoms. The van der Waals surface area contributed by atoms with Crippen molar-refractivity contribution >= 4 is 23.1 Å². The van der Waals surface area contributed by atoms with Crippen molar-refractivity contribution in [3.8, 4) is 0 Å². The van der Waals surface area contributed by atoms with E-state index in [9.17, 15) is 13.0 Å². The van der Waals surface area contributed by atoms with Crippen LogP contribution in [0, 0.1) is 6.92 Å². The predicted octanol–water partition coefficient (Wildman–Crippen LogP) is 2.90. The number of aryl methyl sites for hydroxylation is 1. The monoisotopic (exact) mass is 344 g/mol. The molecule has 1 aromatic rings. The maximum atomic E-state index is 13.3. The second-order valence-electron chi connectivity index (χ2n) is 6.67. The Morgan fingerprint density at radius 3 is 2.48 bits per heavy atom. The van der Waals surface area contributed by atoms with Crippen LogP contribution in [0.15, 0.2) is 10.5 Å². The Morgan fingerprint density at radius 2 is 1.91 bits per heavy atom. The Balaban J connectivity index is 2.17. The van der Waals surface area contributed by atoms with Gasteiger partial charge in [-0.15, -0.1) is 0 Å². The van der Waals surface area contributed by atoms with E-state index in [1.807, 2.05) is 27.7 Å². The molecule has 128 valence electrons. The van der Waals surface area contributed by atoms with Gasteiger partial charge in [0.1, 0.15) is 11.0 Å². The number of hydrogen-bond acceptors (Lipinski definition) is 4. The van der Waals surface area contributed by atoms with Crippen LogP contribution in [-0.4, -0.2) is 44.2 Å². The summed E-state index contributed by atoms with van der Waals surface area (Å²) in [6.07, 6.45) is 1.07. The van der Waals surface area contributed by atoms with Gasteiger partial charge in [-0.25, -0.2) is 23.0 Å². The molecule has 1 atom stereocenters. The van der Waals surface area contributed by atoms with Gasteiger partial charge in [-0.3, -0.25) is 0 Å². The maximum Gasteiger partial charge on any atom is 0.251 e. The molecule has 2 rings (SSSR count). The van der Waals surface area contributed by atoms with Crippen LogP contribution in [0.1, 0.15) is 45.0 Å². The highest BCUT2D eigenvalue weighted by Crippen LogP contribution is 2.29. The van der Waals surface area contributed by atoms with Gasteiger partial charge in [-0.05, 0) is 33.8 Å². The van der Waals surface area contributed by atoms with Crippen LogP contribution in [0.4, 0.5) is 14.7 Å². The van der Waals surface area contributed by atoms with Gasteiger partial charge in [-0.2, -0.15) is 4.40 Å². The van der Waals surface area contributed by atoms with Crippen LogP contribution in [-0.2, 0) is 11.0 Å². The molecule has 5 nitrogen and oxygen atoms in total. The summed E-state index contributed by atoms with van der Waals surface area (Å²) >= 11 is 0. The summed E-state index contributed by atoms with van der Waals surface area (Å²) in [4.78, 5) is 10.4. The number of aromatic nitrogens is 2. The number of hydrogen-bond donors (Lipinski definition) is 0. The van der Waals surface area contributed by atoms with E-state index >= 15 is 0 Å². The van der Waals surface area contributed by atoms with Crippen molar-refractivity contribution in [1.29, 1.82) is 0 Å². The fourth-order valence-electron chi connectivity index (χ4n) is 2.08. The number of halogens is 2. The highest BCUT2D eigenvalue weighted by Gasteiger charge is 2.34. The van der Waals surface area contributed by atoms with E-state index < -0.39 is 21.7 Å². The van der Waals surface area contributed by atoms with Gasteiger partial charge in [0.05, 0.1) is 16.7 Å². The van der Waals surface area contributed by atoms with E-state index in [4.69, 9.17) is 0 Å². The molecular formula is C15H22F2N4OS. The van der Waals surface area contributed by atoms with E-state index in [0.29, 0.717) is 11.6 Å². The second-order valence-corrected chi connectivity index (χ2v) is 8.61. The average molecular weight is 344 g/mol. The summed E-state index contributed by atoms with van der Waals surface area (Å²) in [5.74, 6) is -2.18. The van der Waals surface area contributed by atoms with Gasteiger partial charge >= 0.3 is 0 Å². The van der Waals surface area contributed by atoms with Crippen molar-refractivity contribution in [3.63, 3.8) is 0 Å². The molecule has 8 heteroatoms. The number of anilines is 1. The van der Waals surface area contributed by atoms with E-state index in [1.54, 1.807) is 11.0 Å². The quantitative estimate of drug-likeness (QED) is 0.791. The third-order valence-corrected chi connectivity index (χ3v) is 4.79. The molecule has 1 unspecified atom stereocenters. The first-order valence-corrected chi connectivity index (χ1v) is 8.62. The first-order valence-electron chi connectivity index (χ1n) is 7.51. The molecule has 1 fully saturated rings. The topological polar surface area (TPSA) is 58.5 Å². The van der Waals surface area contributed by atoms with Gasteiger partial charge in [0, 0.05) is 31.6 Å². The summed E-state index contributed by atoms with van der Waals surface area (Å²) < 4.78 is 42.0. The summed E-state index contributed by atoms with van der Waals surface area (Å²) in [5, 5.41) is 0. The van der Waals surface area contributed by atoms with Crippen molar-refractivity contribution in [1.82, 2.24) is 9.97 Å². The van der Waals surface area contributed by atoms with Gasteiger partial charge in [0.25, 0.3) is 5.92 Å². The predicted molar refractivity (Wildman–Crippen MR) is 88.7 cm³/mol. The first kappa shape index (κ1) is 17.9. The average Bonchev–Trinajstić information content (AvgIpc) is 2.43. The third-order valence-electron chi connectivity index (χ3n) is 3.44. The van der Waals surface area contributed by atoms with Crippen LogP contribution in [0.5, 0.6) is 0 Å². The van der Waals surface area contributed by atoms with E-state index in [2.05, 4.69) is 14.4 Å². The van der Waals surface area contributed by atoms with Crippen LogP contribution in [0.25, 0.3) is 0 Å². The number of piperidine rings is 1.